The normalized spacial score (nSPS) is 25.7. The number of fused-ring (bicyclic) bond motifs is 1. The third kappa shape index (κ3) is 5.83. The van der Waals surface area contributed by atoms with Crippen molar-refractivity contribution in [1.29, 1.82) is 0 Å². The van der Waals surface area contributed by atoms with Crippen molar-refractivity contribution >= 4 is 23.5 Å². The molecule has 0 bridgehead atoms. The largest absolute Gasteiger partial charge is 0.469 e. The van der Waals surface area contributed by atoms with Crippen LogP contribution in [0.5, 0.6) is 0 Å². The number of rotatable bonds is 7. The maximum absolute atomic E-state index is 13.1. The molecule has 36 heavy (non-hydrogen) atoms. The Kier molecular flexibility index (Phi) is 8.51. The molecule has 3 aliphatic heterocycles. The molecule has 3 atom stereocenters. The third-order valence-electron chi connectivity index (χ3n) is 8.26. The van der Waals surface area contributed by atoms with Gasteiger partial charge in [-0.05, 0) is 50.4 Å². The predicted octanol–water partition coefficient (Wildman–Crippen LogP) is 1.32. The van der Waals surface area contributed by atoms with Crippen LogP contribution < -0.4 is 10.2 Å². The number of nitrogens with zero attached hydrogens (tertiary/aromatic N) is 4. The van der Waals surface area contributed by atoms with Gasteiger partial charge in [0.25, 0.3) is 0 Å². The minimum atomic E-state index is -0.179. The molecule has 9 heteroatoms. The van der Waals surface area contributed by atoms with Gasteiger partial charge in [-0.1, -0.05) is 12.1 Å². The Morgan fingerprint density at radius 1 is 1.08 bits per heavy atom. The molecule has 4 rings (SSSR count). The van der Waals surface area contributed by atoms with Crippen molar-refractivity contribution in [3.63, 3.8) is 0 Å². The summed E-state index contributed by atoms with van der Waals surface area (Å²) in [6.07, 6.45) is 3.43. The van der Waals surface area contributed by atoms with Crippen LogP contribution in [-0.4, -0.2) is 105 Å². The van der Waals surface area contributed by atoms with Crippen molar-refractivity contribution in [2.24, 2.45) is 5.92 Å². The van der Waals surface area contributed by atoms with Crippen LogP contribution in [0.4, 0.5) is 5.69 Å². The Balaban J connectivity index is 1.31. The molecule has 9 nitrogen and oxygen atoms in total. The fourth-order valence-electron chi connectivity index (χ4n) is 5.94. The van der Waals surface area contributed by atoms with E-state index in [0.29, 0.717) is 45.3 Å². The van der Waals surface area contributed by atoms with Crippen molar-refractivity contribution in [2.75, 3.05) is 59.3 Å². The van der Waals surface area contributed by atoms with Crippen LogP contribution in [0.2, 0.25) is 0 Å². The zero-order valence-electron chi connectivity index (χ0n) is 22.1. The molecule has 3 fully saturated rings. The van der Waals surface area contributed by atoms with Crippen LogP contribution >= 0.6 is 0 Å². The van der Waals surface area contributed by atoms with Gasteiger partial charge in [0.2, 0.25) is 11.8 Å². The van der Waals surface area contributed by atoms with Gasteiger partial charge < -0.3 is 19.9 Å². The molecule has 1 N–H and O–H groups in total. The van der Waals surface area contributed by atoms with E-state index >= 15 is 0 Å². The standard InChI is InChI=1S/C27H41N5O4/c1-29(2)21-7-5-19(6-8-21)18-32-16-13-23-25(32)26(34)28-17-22(30(23)3)9-10-24(33)31-14-11-20(12-15-31)27(35)36-4/h5-8,20,22-23,25H,9-18H2,1-4H3,(H,28,34). The monoisotopic (exact) mass is 499 g/mol. The average molecular weight is 500 g/mol. The maximum Gasteiger partial charge on any atom is 0.308 e. The molecular weight excluding hydrogens is 458 g/mol. The summed E-state index contributed by atoms with van der Waals surface area (Å²) in [6.45, 7) is 3.39. The third-order valence-corrected chi connectivity index (χ3v) is 8.26. The van der Waals surface area contributed by atoms with Gasteiger partial charge in [0, 0.05) is 71.0 Å². The quantitative estimate of drug-likeness (QED) is 0.567. The molecule has 3 heterocycles. The summed E-state index contributed by atoms with van der Waals surface area (Å²) in [4.78, 5) is 46.3. The van der Waals surface area contributed by atoms with Crippen LogP contribution in [0.3, 0.4) is 0 Å². The van der Waals surface area contributed by atoms with Gasteiger partial charge in [-0.25, -0.2) is 0 Å². The van der Waals surface area contributed by atoms with Crippen LogP contribution in [0, 0.1) is 5.92 Å². The minimum Gasteiger partial charge on any atom is -0.469 e. The lowest BCUT2D eigenvalue weighted by Gasteiger charge is -2.34. The highest BCUT2D eigenvalue weighted by Gasteiger charge is 2.45. The van der Waals surface area contributed by atoms with Crippen LogP contribution in [-0.2, 0) is 25.7 Å². The van der Waals surface area contributed by atoms with Crippen molar-refractivity contribution in [2.45, 2.75) is 56.8 Å². The first kappa shape index (κ1) is 26.4. The first-order chi connectivity index (χ1) is 17.3. The van der Waals surface area contributed by atoms with Gasteiger partial charge in [0.15, 0.2) is 0 Å². The zero-order valence-corrected chi connectivity index (χ0v) is 22.1. The molecule has 3 unspecified atom stereocenters. The number of amides is 2. The van der Waals surface area contributed by atoms with Gasteiger partial charge in [0.05, 0.1) is 13.0 Å². The number of methoxy groups -OCH3 is 1. The molecule has 1 aromatic carbocycles. The lowest BCUT2D eigenvalue weighted by Crippen LogP contribution is -2.49. The smallest absolute Gasteiger partial charge is 0.308 e. The number of carbonyl (C=O) groups is 3. The molecule has 3 saturated heterocycles. The molecule has 1 aromatic rings. The Hall–Kier alpha value is -2.65. The van der Waals surface area contributed by atoms with E-state index < -0.39 is 0 Å². The Morgan fingerprint density at radius 3 is 2.42 bits per heavy atom. The van der Waals surface area contributed by atoms with E-state index in [1.807, 2.05) is 19.0 Å². The molecule has 2 amide bonds. The van der Waals surface area contributed by atoms with Crippen LogP contribution in [0.15, 0.2) is 24.3 Å². The Labute approximate surface area is 214 Å². The van der Waals surface area contributed by atoms with E-state index in [9.17, 15) is 14.4 Å². The number of ether oxygens (including phenoxy) is 1. The minimum absolute atomic E-state index is 0.0907. The molecule has 3 aliphatic rings. The highest BCUT2D eigenvalue weighted by molar-refractivity contribution is 5.83. The SMILES string of the molecule is COC(=O)C1CCN(C(=O)CCC2CNC(=O)C3C(CCN3Cc3ccc(N(C)C)cc3)N2C)CC1. The second-order valence-electron chi connectivity index (χ2n) is 10.6. The van der Waals surface area contributed by atoms with E-state index in [2.05, 4.69) is 51.3 Å². The lowest BCUT2D eigenvalue weighted by atomic mass is 9.96. The molecular formula is C27H41N5O4. The fraction of sp³-hybridized carbons (Fsp3) is 0.667. The summed E-state index contributed by atoms with van der Waals surface area (Å²) >= 11 is 0. The van der Waals surface area contributed by atoms with E-state index in [1.165, 1.54) is 12.7 Å². The zero-order chi connectivity index (χ0) is 25.8. The van der Waals surface area contributed by atoms with E-state index in [4.69, 9.17) is 4.74 Å². The van der Waals surface area contributed by atoms with Crippen molar-refractivity contribution in [3.05, 3.63) is 29.8 Å². The topological polar surface area (TPSA) is 85.4 Å². The number of esters is 1. The second kappa shape index (κ2) is 11.6. The molecule has 198 valence electrons. The van der Waals surface area contributed by atoms with Crippen molar-refractivity contribution in [3.8, 4) is 0 Å². The van der Waals surface area contributed by atoms with E-state index in [1.54, 1.807) is 0 Å². The highest BCUT2D eigenvalue weighted by Crippen LogP contribution is 2.29. The second-order valence-corrected chi connectivity index (χ2v) is 10.6. The number of hydrogen-bond donors (Lipinski definition) is 1. The van der Waals surface area contributed by atoms with Gasteiger partial charge in [0.1, 0.15) is 6.04 Å². The van der Waals surface area contributed by atoms with Gasteiger partial charge >= 0.3 is 5.97 Å². The first-order valence-electron chi connectivity index (χ1n) is 13.1. The van der Waals surface area contributed by atoms with Crippen molar-refractivity contribution < 1.29 is 19.1 Å². The number of carbonyl (C=O) groups excluding carboxylic acids is 3. The first-order valence-corrected chi connectivity index (χ1v) is 13.1. The number of likely N-dealkylation sites (tertiary alicyclic amines) is 2. The molecule has 0 radical (unpaired) electrons. The highest BCUT2D eigenvalue weighted by atomic mass is 16.5. The van der Waals surface area contributed by atoms with Crippen LogP contribution in [0.1, 0.15) is 37.7 Å². The number of anilines is 1. The molecule has 0 aromatic heterocycles. The Morgan fingerprint density at radius 2 is 1.78 bits per heavy atom. The maximum atomic E-state index is 13.1. The van der Waals surface area contributed by atoms with Gasteiger partial charge in [-0.15, -0.1) is 0 Å². The lowest BCUT2D eigenvalue weighted by molar-refractivity contribution is -0.149. The van der Waals surface area contributed by atoms with Crippen molar-refractivity contribution in [1.82, 2.24) is 20.0 Å². The van der Waals surface area contributed by atoms with Crippen LogP contribution in [0.25, 0.3) is 0 Å². The summed E-state index contributed by atoms with van der Waals surface area (Å²) in [5, 5.41) is 3.16. The number of benzene rings is 1. The molecule has 0 aliphatic carbocycles. The molecule has 0 saturated carbocycles. The number of piperidine rings is 1. The predicted molar refractivity (Wildman–Crippen MR) is 138 cm³/mol. The Bertz CT molecular complexity index is 929. The van der Waals surface area contributed by atoms with E-state index in [-0.39, 0.29) is 41.8 Å². The number of hydrogen-bond acceptors (Lipinski definition) is 7. The van der Waals surface area contributed by atoms with Gasteiger partial charge in [-0.3, -0.25) is 24.2 Å². The average Bonchev–Trinajstić information content (AvgIpc) is 3.26. The van der Waals surface area contributed by atoms with Gasteiger partial charge in [-0.2, -0.15) is 0 Å². The number of likely N-dealkylation sites (N-methyl/N-ethyl adjacent to an activating group) is 1. The molecule has 0 spiro atoms. The summed E-state index contributed by atoms with van der Waals surface area (Å²) in [6, 6.07) is 8.61. The summed E-state index contributed by atoms with van der Waals surface area (Å²) < 4.78 is 4.85. The van der Waals surface area contributed by atoms with E-state index in [0.717, 1.165) is 25.2 Å². The summed E-state index contributed by atoms with van der Waals surface area (Å²) in [5.74, 6) is -0.0555. The summed E-state index contributed by atoms with van der Waals surface area (Å²) in [5.41, 5.74) is 2.37. The summed E-state index contributed by atoms with van der Waals surface area (Å²) in [7, 11) is 7.58. The fourth-order valence-corrected chi connectivity index (χ4v) is 5.94. The number of nitrogens with one attached hydrogen (secondary N) is 1.